The van der Waals surface area contributed by atoms with Crippen molar-refractivity contribution in [3.05, 3.63) is 52.2 Å². The second kappa shape index (κ2) is 6.36. The van der Waals surface area contributed by atoms with Gasteiger partial charge in [0.15, 0.2) is 0 Å². The number of amides is 1. The molecule has 1 atom stereocenters. The summed E-state index contributed by atoms with van der Waals surface area (Å²) in [5.74, 6) is 0.404. The van der Waals surface area contributed by atoms with Crippen LogP contribution in [0.5, 0.6) is 5.75 Å². The molecule has 0 saturated carbocycles. The Morgan fingerprint density at radius 1 is 1.42 bits per heavy atom. The molecule has 4 nitrogen and oxygen atoms in total. The molecule has 0 aliphatic heterocycles. The van der Waals surface area contributed by atoms with Crippen LogP contribution >= 0.6 is 11.3 Å². The van der Waals surface area contributed by atoms with Gasteiger partial charge in [-0.05, 0) is 29.6 Å². The Balaban J connectivity index is 1.94. The Kier molecular flexibility index (Phi) is 4.54. The number of ether oxygens (including phenoxy) is 1. The van der Waals surface area contributed by atoms with Gasteiger partial charge in [0, 0.05) is 17.0 Å². The number of carbonyl (C=O) groups excluding carboxylic acids is 1. The summed E-state index contributed by atoms with van der Waals surface area (Å²) < 4.78 is 5.06. The number of thiophene rings is 1. The van der Waals surface area contributed by atoms with E-state index in [-0.39, 0.29) is 12.5 Å². The van der Waals surface area contributed by atoms with E-state index in [1.807, 2.05) is 17.5 Å². The number of hydrogen-bond donors (Lipinski definition) is 2. The lowest BCUT2D eigenvalue weighted by molar-refractivity contribution is 0.0917. The Labute approximate surface area is 115 Å². The van der Waals surface area contributed by atoms with Gasteiger partial charge in [0.2, 0.25) is 0 Å². The highest BCUT2D eigenvalue weighted by atomic mass is 32.1. The predicted octanol–water partition coefficient (Wildman–Crippen LogP) is 2.22. The minimum absolute atomic E-state index is 0.191. The van der Waals surface area contributed by atoms with E-state index in [0.29, 0.717) is 11.3 Å². The van der Waals surface area contributed by atoms with Crippen molar-refractivity contribution in [2.24, 2.45) is 0 Å². The molecule has 0 aliphatic carbocycles. The van der Waals surface area contributed by atoms with Gasteiger partial charge in [0.05, 0.1) is 7.11 Å². The van der Waals surface area contributed by atoms with Gasteiger partial charge in [-0.1, -0.05) is 12.1 Å². The molecule has 1 aromatic carbocycles. The molecule has 2 aromatic rings. The van der Waals surface area contributed by atoms with Crippen molar-refractivity contribution in [1.82, 2.24) is 5.32 Å². The van der Waals surface area contributed by atoms with Gasteiger partial charge in [0.1, 0.15) is 11.9 Å². The molecule has 2 rings (SSSR count). The monoisotopic (exact) mass is 277 g/mol. The molecular formula is C14H15NO3S. The third-order valence-corrected chi connectivity index (χ3v) is 3.63. The van der Waals surface area contributed by atoms with E-state index in [0.717, 1.165) is 4.88 Å². The maximum atomic E-state index is 11.9. The number of rotatable bonds is 5. The Morgan fingerprint density at radius 3 is 2.95 bits per heavy atom. The van der Waals surface area contributed by atoms with Crippen molar-refractivity contribution in [3.8, 4) is 5.75 Å². The first-order valence-corrected chi connectivity index (χ1v) is 6.72. The summed E-state index contributed by atoms with van der Waals surface area (Å²) in [7, 11) is 1.55. The number of methoxy groups -OCH3 is 1. The molecule has 0 fully saturated rings. The van der Waals surface area contributed by atoms with Crippen molar-refractivity contribution >= 4 is 17.2 Å². The fraction of sp³-hybridized carbons (Fsp3) is 0.214. The van der Waals surface area contributed by atoms with Crippen LogP contribution in [0.2, 0.25) is 0 Å². The first-order valence-electron chi connectivity index (χ1n) is 5.84. The van der Waals surface area contributed by atoms with E-state index >= 15 is 0 Å². The zero-order chi connectivity index (χ0) is 13.7. The molecule has 2 N–H and O–H groups in total. The summed E-state index contributed by atoms with van der Waals surface area (Å²) in [6, 6.07) is 10.6. The van der Waals surface area contributed by atoms with Crippen molar-refractivity contribution in [2.75, 3.05) is 13.7 Å². The van der Waals surface area contributed by atoms with Crippen LogP contribution in [-0.4, -0.2) is 24.7 Å². The molecule has 5 heteroatoms. The van der Waals surface area contributed by atoms with Crippen LogP contribution in [0.1, 0.15) is 21.3 Å². The van der Waals surface area contributed by atoms with E-state index < -0.39 is 6.10 Å². The van der Waals surface area contributed by atoms with Crippen LogP contribution in [-0.2, 0) is 0 Å². The Hall–Kier alpha value is -1.85. The van der Waals surface area contributed by atoms with Crippen LogP contribution < -0.4 is 10.1 Å². The van der Waals surface area contributed by atoms with Crippen LogP contribution in [0.4, 0.5) is 0 Å². The fourth-order valence-corrected chi connectivity index (χ4v) is 2.35. The second-order valence-corrected chi connectivity index (χ2v) is 4.95. The van der Waals surface area contributed by atoms with Crippen molar-refractivity contribution < 1.29 is 14.6 Å². The maximum absolute atomic E-state index is 11.9. The molecule has 0 bridgehead atoms. The van der Waals surface area contributed by atoms with Crippen LogP contribution in [0, 0.1) is 0 Å². The maximum Gasteiger partial charge on any atom is 0.251 e. The SMILES string of the molecule is COc1cccc(C(=O)NCC(O)c2cccs2)c1. The van der Waals surface area contributed by atoms with Crippen molar-refractivity contribution in [2.45, 2.75) is 6.10 Å². The van der Waals surface area contributed by atoms with E-state index in [1.54, 1.807) is 31.4 Å². The minimum atomic E-state index is -0.672. The summed E-state index contributed by atoms with van der Waals surface area (Å²) in [5.41, 5.74) is 0.512. The van der Waals surface area contributed by atoms with Gasteiger partial charge in [0.25, 0.3) is 5.91 Å². The van der Waals surface area contributed by atoms with Crippen LogP contribution in [0.25, 0.3) is 0 Å². The number of benzene rings is 1. The summed E-state index contributed by atoms with van der Waals surface area (Å²) in [6.07, 6.45) is -0.672. The first-order chi connectivity index (χ1) is 9.20. The molecule has 19 heavy (non-hydrogen) atoms. The highest BCUT2D eigenvalue weighted by Gasteiger charge is 2.11. The molecule has 0 spiro atoms. The minimum Gasteiger partial charge on any atom is -0.497 e. The lowest BCUT2D eigenvalue weighted by Crippen LogP contribution is -2.28. The highest BCUT2D eigenvalue weighted by Crippen LogP contribution is 2.18. The second-order valence-electron chi connectivity index (χ2n) is 3.97. The summed E-state index contributed by atoms with van der Waals surface area (Å²) >= 11 is 1.46. The fourth-order valence-electron chi connectivity index (χ4n) is 1.64. The molecule has 1 aromatic heterocycles. The van der Waals surface area contributed by atoms with E-state index in [2.05, 4.69) is 5.32 Å². The van der Waals surface area contributed by atoms with Gasteiger partial charge in [-0.3, -0.25) is 4.79 Å². The molecule has 0 saturated heterocycles. The standard InChI is InChI=1S/C14H15NO3S/c1-18-11-5-2-4-10(8-11)14(17)15-9-12(16)13-6-3-7-19-13/h2-8,12,16H,9H2,1H3,(H,15,17). The van der Waals surface area contributed by atoms with Crippen molar-refractivity contribution in [3.63, 3.8) is 0 Å². The topological polar surface area (TPSA) is 58.6 Å². The van der Waals surface area contributed by atoms with Gasteiger partial charge in [-0.2, -0.15) is 0 Å². The molecule has 100 valence electrons. The number of nitrogens with one attached hydrogen (secondary N) is 1. The highest BCUT2D eigenvalue weighted by molar-refractivity contribution is 7.10. The van der Waals surface area contributed by atoms with Crippen LogP contribution in [0.15, 0.2) is 41.8 Å². The smallest absolute Gasteiger partial charge is 0.251 e. The zero-order valence-corrected chi connectivity index (χ0v) is 11.3. The van der Waals surface area contributed by atoms with Crippen LogP contribution in [0.3, 0.4) is 0 Å². The van der Waals surface area contributed by atoms with Gasteiger partial charge in [-0.15, -0.1) is 11.3 Å². The van der Waals surface area contributed by atoms with Gasteiger partial charge < -0.3 is 15.2 Å². The Morgan fingerprint density at radius 2 is 2.26 bits per heavy atom. The van der Waals surface area contributed by atoms with E-state index in [1.165, 1.54) is 11.3 Å². The van der Waals surface area contributed by atoms with Crippen molar-refractivity contribution in [1.29, 1.82) is 0 Å². The zero-order valence-electron chi connectivity index (χ0n) is 10.5. The normalized spacial score (nSPS) is 11.9. The Bertz CT molecular complexity index is 539. The predicted molar refractivity (Wildman–Crippen MR) is 74.6 cm³/mol. The van der Waals surface area contributed by atoms with E-state index in [4.69, 9.17) is 4.74 Å². The number of carbonyl (C=O) groups is 1. The summed E-state index contributed by atoms with van der Waals surface area (Å²) in [4.78, 5) is 12.8. The number of aliphatic hydroxyl groups excluding tert-OH is 1. The summed E-state index contributed by atoms with van der Waals surface area (Å²) in [5, 5.41) is 14.5. The molecule has 1 heterocycles. The molecular weight excluding hydrogens is 262 g/mol. The summed E-state index contributed by atoms with van der Waals surface area (Å²) in [6.45, 7) is 0.191. The van der Waals surface area contributed by atoms with Gasteiger partial charge in [-0.25, -0.2) is 0 Å². The molecule has 1 amide bonds. The molecule has 0 aliphatic rings. The van der Waals surface area contributed by atoms with Gasteiger partial charge >= 0.3 is 0 Å². The largest absolute Gasteiger partial charge is 0.497 e. The molecule has 1 unspecified atom stereocenters. The first kappa shape index (κ1) is 13.6. The average molecular weight is 277 g/mol. The van der Waals surface area contributed by atoms with E-state index in [9.17, 15) is 9.90 Å². The lowest BCUT2D eigenvalue weighted by atomic mass is 10.2. The molecule has 0 radical (unpaired) electrons. The lowest BCUT2D eigenvalue weighted by Gasteiger charge is -2.10. The quantitative estimate of drug-likeness (QED) is 0.881. The average Bonchev–Trinajstić information content (AvgIpc) is 2.98. The number of hydrogen-bond acceptors (Lipinski definition) is 4. The third kappa shape index (κ3) is 3.56. The third-order valence-electron chi connectivity index (χ3n) is 2.66. The number of aliphatic hydroxyl groups is 1.